The minimum absolute atomic E-state index is 0.403. The van der Waals surface area contributed by atoms with Crippen molar-refractivity contribution < 1.29 is 4.79 Å². The Balaban J connectivity index is 2.31. The summed E-state index contributed by atoms with van der Waals surface area (Å²) < 4.78 is 0. The van der Waals surface area contributed by atoms with Crippen molar-refractivity contribution in [2.45, 2.75) is 6.42 Å². The van der Waals surface area contributed by atoms with Gasteiger partial charge in [0.25, 0.3) is 5.91 Å². The van der Waals surface area contributed by atoms with E-state index in [4.69, 9.17) is 5.73 Å². The van der Waals surface area contributed by atoms with Crippen molar-refractivity contribution in [3.63, 3.8) is 0 Å². The Bertz CT molecular complexity index is 498. The van der Waals surface area contributed by atoms with Gasteiger partial charge in [-0.05, 0) is 18.2 Å². The molecule has 80 valence electrons. The van der Waals surface area contributed by atoms with Gasteiger partial charge in [0, 0.05) is 18.6 Å². The van der Waals surface area contributed by atoms with Crippen LogP contribution in [0.2, 0.25) is 0 Å². The number of carbonyl (C=O) groups excluding carboxylic acids is 1. The average Bonchev–Trinajstić information content (AvgIpc) is 2.31. The van der Waals surface area contributed by atoms with Crippen molar-refractivity contribution >= 4 is 5.91 Å². The summed E-state index contributed by atoms with van der Waals surface area (Å²) in [6, 6.07) is 5.06. The first-order valence-electron chi connectivity index (χ1n) is 4.77. The van der Waals surface area contributed by atoms with Crippen molar-refractivity contribution in [2.75, 3.05) is 0 Å². The number of hydrogen-bond acceptors (Lipinski definition) is 4. The maximum Gasteiger partial charge on any atom is 0.250 e. The smallest absolute Gasteiger partial charge is 0.250 e. The van der Waals surface area contributed by atoms with E-state index in [1.165, 1.54) is 0 Å². The van der Waals surface area contributed by atoms with Crippen molar-refractivity contribution in [3.05, 3.63) is 53.9 Å². The normalized spacial score (nSPS) is 10.0. The third-order valence-electron chi connectivity index (χ3n) is 2.10. The van der Waals surface area contributed by atoms with Gasteiger partial charge in [0.2, 0.25) is 0 Å². The predicted molar refractivity (Wildman–Crippen MR) is 57.6 cm³/mol. The largest absolute Gasteiger partial charge is 0.366 e. The Morgan fingerprint density at radius 2 is 1.81 bits per heavy atom. The van der Waals surface area contributed by atoms with Crippen LogP contribution < -0.4 is 5.73 Å². The Kier molecular flexibility index (Phi) is 2.86. The molecule has 2 N–H and O–H groups in total. The van der Waals surface area contributed by atoms with Gasteiger partial charge >= 0.3 is 0 Å². The summed E-state index contributed by atoms with van der Waals surface area (Å²) in [6.45, 7) is 0. The fourth-order valence-electron chi connectivity index (χ4n) is 1.37. The van der Waals surface area contributed by atoms with Crippen LogP contribution in [0.3, 0.4) is 0 Å². The molecule has 0 radical (unpaired) electrons. The summed E-state index contributed by atoms with van der Waals surface area (Å²) in [7, 11) is 0. The van der Waals surface area contributed by atoms with Crippen LogP contribution in [-0.4, -0.2) is 20.9 Å². The highest BCUT2D eigenvalue weighted by atomic mass is 16.1. The summed E-state index contributed by atoms with van der Waals surface area (Å²) >= 11 is 0. The molecule has 0 spiro atoms. The number of aromatic nitrogens is 3. The van der Waals surface area contributed by atoms with Gasteiger partial charge in [-0.3, -0.25) is 9.78 Å². The maximum atomic E-state index is 11.2. The SMILES string of the molecule is NC(=O)c1cccnc1Cc1ncccn1. The molecule has 1 amide bonds. The molecule has 5 nitrogen and oxygen atoms in total. The van der Waals surface area contributed by atoms with Crippen molar-refractivity contribution in [2.24, 2.45) is 5.73 Å². The maximum absolute atomic E-state index is 11.2. The van der Waals surface area contributed by atoms with Crippen LogP contribution in [0.5, 0.6) is 0 Å². The molecule has 0 saturated heterocycles. The molecule has 5 heteroatoms. The zero-order valence-electron chi connectivity index (χ0n) is 8.50. The molecule has 2 aromatic heterocycles. The number of rotatable bonds is 3. The summed E-state index contributed by atoms with van der Waals surface area (Å²) in [4.78, 5) is 23.4. The van der Waals surface area contributed by atoms with E-state index in [9.17, 15) is 4.79 Å². The summed E-state index contributed by atoms with van der Waals surface area (Å²) in [5.74, 6) is 0.128. The average molecular weight is 214 g/mol. The Labute approximate surface area is 92.4 Å². The van der Waals surface area contributed by atoms with E-state index in [1.807, 2.05) is 0 Å². The van der Waals surface area contributed by atoms with Crippen LogP contribution in [0.25, 0.3) is 0 Å². The third kappa shape index (κ3) is 2.20. The van der Waals surface area contributed by atoms with Gasteiger partial charge in [-0.15, -0.1) is 0 Å². The third-order valence-corrected chi connectivity index (χ3v) is 2.10. The first kappa shape index (κ1) is 10.2. The fourth-order valence-corrected chi connectivity index (χ4v) is 1.37. The van der Waals surface area contributed by atoms with E-state index in [-0.39, 0.29) is 0 Å². The molecule has 2 rings (SSSR count). The molecule has 2 aromatic rings. The minimum atomic E-state index is -0.487. The van der Waals surface area contributed by atoms with E-state index in [0.717, 1.165) is 0 Å². The lowest BCUT2D eigenvalue weighted by atomic mass is 10.1. The van der Waals surface area contributed by atoms with E-state index in [2.05, 4.69) is 15.0 Å². The van der Waals surface area contributed by atoms with Crippen molar-refractivity contribution in [1.82, 2.24) is 15.0 Å². The van der Waals surface area contributed by atoms with Crippen molar-refractivity contribution in [1.29, 1.82) is 0 Å². The van der Waals surface area contributed by atoms with E-state index in [0.29, 0.717) is 23.5 Å². The molecular formula is C11H10N4O. The summed E-state index contributed by atoms with van der Waals surface area (Å²) in [6.07, 6.45) is 5.31. The first-order valence-corrected chi connectivity index (χ1v) is 4.77. The molecule has 0 atom stereocenters. The molecule has 0 bridgehead atoms. The molecule has 0 fully saturated rings. The summed E-state index contributed by atoms with van der Waals surface area (Å²) in [5.41, 5.74) is 6.26. The van der Waals surface area contributed by atoms with Crippen LogP contribution in [0.4, 0.5) is 0 Å². The quantitative estimate of drug-likeness (QED) is 0.809. The molecule has 0 aliphatic heterocycles. The summed E-state index contributed by atoms with van der Waals surface area (Å²) in [5, 5.41) is 0. The monoisotopic (exact) mass is 214 g/mol. The number of amides is 1. The van der Waals surface area contributed by atoms with Gasteiger partial charge in [0.1, 0.15) is 5.82 Å². The van der Waals surface area contributed by atoms with E-state index in [1.54, 1.807) is 36.8 Å². The molecule has 0 aliphatic carbocycles. The molecular weight excluding hydrogens is 204 g/mol. The zero-order valence-corrected chi connectivity index (χ0v) is 8.50. The van der Waals surface area contributed by atoms with Crippen LogP contribution in [0, 0.1) is 0 Å². The minimum Gasteiger partial charge on any atom is -0.366 e. The van der Waals surface area contributed by atoms with Crippen LogP contribution in [0.1, 0.15) is 21.9 Å². The van der Waals surface area contributed by atoms with Gasteiger partial charge in [-0.25, -0.2) is 9.97 Å². The van der Waals surface area contributed by atoms with Gasteiger partial charge in [0.15, 0.2) is 0 Å². The van der Waals surface area contributed by atoms with E-state index < -0.39 is 5.91 Å². The second-order valence-corrected chi connectivity index (χ2v) is 3.20. The Hall–Kier alpha value is -2.30. The Morgan fingerprint density at radius 1 is 1.12 bits per heavy atom. The molecule has 0 unspecified atom stereocenters. The molecule has 0 saturated carbocycles. The highest BCUT2D eigenvalue weighted by molar-refractivity contribution is 5.93. The lowest BCUT2D eigenvalue weighted by molar-refractivity contribution is 0.0999. The molecule has 16 heavy (non-hydrogen) atoms. The number of nitrogens with zero attached hydrogens (tertiary/aromatic N) is 3. The molecule has 2 heterocycles. The van der Waals surface area contributed by atoms with Gasteiger partial charge in [-0.1, -0.05) is 0 Å². The van der Waals surface area contributed by atoms with Crippen LogP contribution in [0.15, 0.2) is 36.8 Å². The topological polar surface area (TPSA) is 81.8 Å². The lowest BCUT2D eigenvalue weighted by Gasteiger charge is -2.03. The molecule has 0 aliphatic rings. The predicted octanol–water partition coefficient (Wildman–Crippen LogP) is 0.561. The number of primary amides is 1. The van der Waals surface area contributed by atoms with Crippen LogP contribution >= 0.6 is 0 Å². The lowest BCUT2D eigenvalue weighted by Crippen LogP contribution is -2.15. The Morgan fingerprint density at radius 3 is 2.50 bits per heavy atom. The van der Waals surface area contributed by atoms with Gasteiger partial charge in [0.05, 0.1) is 17.7 Å². The second kappa shape index (κ2) is 4.48. The van der Waals surface area contributed by atoms with Crippen LogP contribution in [-0.2, 0) is 6.42 Å². The number of nitrogens with two attached hydrogens (primary N) is 1. The number of carbonyl (C=O) groups is 1. The van der Waals surface area contributed by atoms with E-state index >= 15 is 0 Å². The number of pyridine rings is 1. The van der Waals surface area contributed by atoms with Crippen molar-refractivity contribution in [3.8, 4) is 0 Å². The standard InChI is InChI=1S/C11H10N4O/c12-11(16)8-3-1-4-13-9(8)7-10-14-5-2-6-15-10/h1-6H,7H2,(H2,12,16). The highest BCUT2D eigenvalue weighted by Crippen LogP contribution is 2.08. The first-order chi connectivity index (χ1) is 7.77. The van der Waals surface area contributed by atoms with Gasteiger partial charge < -0.3 is 5.73 Å². The fraction of sp³-hybridized carbons (Fsp3) is 0.0909. The van der Waals surface area contributed by atoms with Gasteiger partial charge in [-0.2, -0.15) is 0 Å². The zero-order chi connectivity index (χ0) is 11.4. The highest BCUT2D eigenvalue weighted by Gasteiger charge is 2.09. The number of hydrogen-bond donors (Lipinski definition) is 1. The molecule has 0 aromatic carbocycles. The second-order valence-electron chi connectivity index (χ2n) is 3.20.